The maximum absolute atomic E-state index is 11.9. The number of nitrogens with one attached hydrogen (secondary N) is 2. The molecule has 3 rings (SSSR count). The fraction of sp³-hybridized carbons (Fsp3) is 0.125. The summed E-state index contributed by atoms with van der Waals surface area (Å²) in [5.41, 5.74) is 0.870. The van der Waals surface area contributed by atoms with Gasteiger partial charge in [-0.1, -0.05) is 0 Å². The third-order valence-corrected chi connectivity index (χ3v) is 4.35. The number of hydrogen-bond acceptors (Lipinski definition) is 6. The molecule has 0 saturated heterocycles. The van der Waals surface area contributed by atoms with Crippen molar-refractivity contribution in [2.45, 2.75) is 4.90 Å². The van der Waals surface area contributed by atoms with Crippen molar-refractivity contribution in [1.82, 2.24) is 0 Å². The second kappa shape index (κ2) is 7.02. The summed E-state index contributed by atoms with van der Waals surface area (Å²) in [6.07, 6.45) is 0. The number of primary sulfonamides is 1. The number of sulfonamides is 1. The fourth-order valence-electron chi connectivity index (χ4n) is 2.23. The van der Waals surface area contributed by atoms with Crippen LogP contribution in [0.2, 0.25) is 0 Å². The second-order valence-electron chi connectivity index (χ2n) is 5.40. The van der Waals surface area contributed by atoms with Gasteiger partial charge in [0, 0.05) is 11.8 Å². The first kappa shape index (κ1) is 17.7. The molecule has 2 aromatic rings. The zero-order valence-corrected chi connectivity index (χ0v) is 14.2. The van der Waals surface area contributed by atoms with Gasteiger partial charge in [0.2, 0.25) is 10.0 Å². The van der Waals surface area contributed by atoms with Crippen LogP contribution < -0.4 is 25.2 Å². The van der Waals surface area contributed by atoms with E-state index in [9.17, 15) is 18.0 Å². The highest BCUT2D eigenvalue weighted by Crippen LogP contribution is 2.31. The van der Waals surface area contributed by atoms with Gasteiger partial charge in [0.15, 0.2) is 13.2 Å². The van der Waals surface area contributed by atoms with Crippen molar-refractivity contribution in [3.05, 3.63) is 42.5 Å². The summed E-state index contributed by atoms with van der Waals surface area (Å²) in [6, 6.07) is 10.2. The van der Waals surface area contributed by atoms with E-state index in [0.29, 0.717) is 22.9 Å². The van der Waals surface area contributed by atoms with Crippen molar-refractivity contribution in [1.29, 1.82) is 0 Å². The van der Waals surface area contributed by atoms with Crippen molar-refractivity contribution in [2.24, 2.45) is 5.14 Å². The molecule has 9 nitrogen and oxygen atoms in total. The number of ether oxygens (including phenoxy) is 2. The molecule has 0 bridgehead atoms. The van der Waals surface area contributed by atoms with E-state index in [2.05, 4.69) is 10.6 Å². The minimum atomic E-state index is -3.78. The Kier molecular flexibility index (Phi) is 4.78. The monoisotopic (exact) mass is 377 g/mol. The van der Waals surface area contributed by atoms with E-state index in [1.165, 1.54) is 24.3 Å². The molecule has 1 aliphatic rings. The van der Waals surface area contributed by atoms with E-state index < -0.39 is 15.9 Å². The normalized spacial score (nSPS) is 13.2. The Balaban J connectivity index is 1.57. The summed E-state index contributed by atoms with van der Waals surface area (Å²) < 4.78 is 33.0. The van der Waals surface area contributed by atoms with Crippen molar-refractivity contribution in [3.8, 4) is 11.5 Å². The highest BCUT2D eigenvalue weighted by molar-refractivity contribution is 7.89. The minimum Gasteiger partial charge on any atom is -0.484 e. The predicted octanol–water partition coefficient (Wildman–Crippen LogP) is 0.682. The van der Waals surface area contributed by atoms with Gasteiger partial charge in [-0.2, -0.15) is 0 Å². The maximum atomic E-state index is 11.9. The Morgan fingerprint density at radius 3 is 2.65 bits per heavy atom. The molecule has 0 atom stereocenters. The largest absolute Gasteiger partial charge is 0.484 e. The maximum Gasteiger partial charge on any atom is 0.262 e. The van der Waals surface area contributed by atoms with Crippen LogP contribution in [0.3, 0.4) is 0 Å². The number of amides is 2. The molecule has 2 amide bonds. The van der Waals surface area contributed by atoms with Crippen LogP contribution in [0.25, 0.3) is 0 Å². The Bertz CT molecular complexity index is 956. The molecule has 10 heteroatoms. The van der Waals surface area contributed by atoms with Crippen LogP contribution in [0.5, 0.6) is 11.5 Å². The summed E-state index contributed by atoms with van der Waals surface area (Å²) in [7, 11) is -3.78. The van der Waals surface area contributed by atoms with Gasteiger partial charge in [0.25, 0.3) is 11.8 Å². The van der Waals surface area contributed by atoms with Crippen LogP contribution in [0, 0.1) is 0 Å². The Morgan fingerprint density at radius 1 is 1.23 bits per heavy atom. The zero-order chi connectivity index (χ0) is 18.7. The molecule has 26 heavy (non-hydrogen) atoms. The van der Waals surface area contributed by atoms with Gasteiger partial charge in [0.05, 0.1) is 10.6 Å². The molecule has 1 heterocycles. The summed E-state index contributed by atoms with van der Waals surface area (Å²) in [6.45, 7) is -0.315. The van der Waals surface area contributed by atoms with Crippen LogP contribution in [-0.2, 0) is 19.6 Å². The van der Waals surface area contributed by atoms with Crippen LogP contribution in [0.1, 0.15) is 0 Å². The lowest BCUT2D eigenvalue weighted by Gasteiger charge is -2.18. The molecule has 0 spiro atoms. The first-order valence-corrected chi connectivity index (χ1v) is 8.98. The van der Waals surface area contributed by atoms with Gasteiger partial charge < -0.3 is 20.1 Å². The van der Waals surface area contributed by atoms with Gasteiger partial charge in [-0.25, -0.2) is 13.6 Å². The standard InChI is InChI=1S/C16H15N3O6S/c17-26(22,23)12-4-1-10(2-5-12)18-15(20)8-24-11-3-6-14-13(7-11)19-16(21)9-25-14/h1-7H,8-9H2,(H,18,20)(H,19,21)(H2,17,22,23). The van der Waals surface area contributed by atoms with Crippen LogP contribution >= 0.6 is 0 Å². The SMILES string of the molecule is NS(=O)(=O)c1ccc(NC(=O)COc2ccc3c(c2)NC(=O)CO3)cc1. The van der Waals surface area contributed by atoms with Gasteiger partial charge in [-0.15, -0.1) is 0 Å². The van der Waals surface area contributed by atoms with Gasteiger partial charge in [-0.05, 0) is 36.4 Å². The minimum absolute atomic E-state index is 0.0418. The van der Waals surface area contributed by atoms with Crippen molar-refractivity contribution >= 4 is 33.2 Å². The molecule has 0 fully saturated rings. The lowest BCUT2D eigenvalue weighted by molar-refractivity contribution is -0.119. The third-order valence-electron chi connectivity index (χ3n) is 3.42. The van der Waals surface area contributed by atoms with E-state index in [4.69, 9.17) is 14.6 Å². The van der Waals surface area contributed by atoms with Crippen LogP contribution in [0.15, 0.2) is 47.4 Å². The summed E-state index contributed by atoms with van der Waals surface area (Å²) in [5.74, 6) is 0.201. The first-order chi connectivity index (χ1) is 12.3. The van der Waals surface area contributed by atoms with E-state index >= 15 is 0 Å². The number of benzene rings is 2. The zero-order valence-electron chi connectivity index (χ0n) is 13.4. The number of carbonyl (C=O) groups excluding carboxylic acids is 2. The molecule has 0 unspecified atom stereocenters. The quantitative estimate of drug-likeness (QED) is 0.701. The topological polar surface area (TPSA) is 137 Å². The lowest BCUT2D eigenvalue weighted by atomic mass is 10.2. The average molecular weight is 377 g/mol. The molecule has 1 aliphatic heterocycles. The Labute approximate surface area is 149 Å². The molecule has 0 radical (unpaired) electrons. The predicted molar refractivity (Wildman–Crippen MR) is 92.5 cm³/mol. The highest BCUT2D eigenvalue weighted by atomic mass is 32.2. The Hall–Kier alpha value is -3.11. The molecule has 4 N–H and O–H groups in total. The number of anilines is 2. The van der Waals surface area contributed by atoms with Crippen molar-refractivity contribution in [3.63, 3.8) is 0 Å². The van der Waals surface area contributed by atoms with Gasteiger partial charge in [0.1, 0.15) is 11.5 Å². The average Bonchev–Trinajstić information content (AvgIpc) is 2.59. The summed E-state index contributed by atoms with van der Waals surface area (Å²) >= 11 is 0. The van der Waals surface area contributed by atoms with Crippen molar-refractivity contribution < 1.29 is 27.5 Å². The molecular weight excluding hydrogens is 362 g/mol. The first-order valence-electron chi connectivity index (χ1n) is 7.43. The third kappa shape index (κ3) is 4.29. The van der Waals surface area contributed by atoms with Gasteiger partial charge >= 0.3 is 0 Å². The van der Waals surface area contributed by atoms with E-state index in [1.54, 1.807) is 18.2 Å². The van der Waals surface area contributed by atoms with Gasteiger partial charge in [-0.3, -0.25) is 9.59 Å². The smallest absolute Gasteiger partial charge is 0.262 e. The molecule has 0 aliphatic carbocycles. The van der Waals surface area contributed by atoms with E-state index in [0.717, 1.165) is 0 Å². The Morgan fingerprint density at radius 2 is 1.96 bits per heavy atom. The second-order valence-corrected chi connectivity index (χ2v) is 6.96. The molecule has 0 saturated carbocycles. The number of rotatable bonds is 5. The number of hydrogen-bond donors (Lipinski definition) is 3. The summed E-state index contributed by atoms with van der Waals surface area (Å²) in [4.78, 5) is 23.2. The number of fused-ring (bicyclic) bond motifs is 1. The molecule has 2 aromatic carbocycles. The fourth-order valence-corrected chi connectivity index (χ4v) is 2.74. The van der Waals surface area contributed by atoms with Crippen molar-refractivity contribution in [2.75, 3.05) is 23.8 Å². The number of nitrogens with two attached hydrogens (primary N) is 1. The van der Waals surface area contributed by atoms with E-state index in [1.807, 2.05) is 0 Å². The van der Waals surface area contributed by atoms with E-state index in [-0.39, 0.29) is 24.0 Å². The number of carbonyl (C=O) groups is 2. The van der Waals surface area contributed by atoms with Crippen LogP contribution in [0.4, 0.5) is 11.4 Å². The molecule has 136 valence electrons. The summed E-state index contributed by atoms with van der Waals surface area (Å²) in [5, 5.41) is 10.2. The highest BCUT2D eigenvalue weighted by Gasteiger charge is 2.16. The molecular formula is C16H15N3O6S. The van der Waals surface area contributed by atoms with Crippen LogP contribution in [-0.4, -0.2) is 33.4 Å². The lowest BCUT2D eigenvalue weighted by Crippen LogP contribution is -2.25. The molecule has 0 aromatic heterocycles.